The number of hydrogen-bond donors (Lipinski definition) is 0. The van der Waals surface area contributed by atoms with Gasteiger partial charge in [-0.25, -0.2) is 0 Å². The maximum absolute atomic E-state index is 14.6. The summed E-state index contributed by atoms with van der Waals surface area (Å²) >= 11 is 0. The molecular weight excluding hydrogens is 356 g/mol. The largest absolute Gasteiger partial charge is 0.492 e. The zero-order chi connectivity index (χ0) is 19.7. The molecule has 0 aliphatic heterocycles. The molecule has 0 amide bonds. The summed E-state index contributed by atoms with van der Waals surface area (Å²) in [7, 11) is 0. The van der Waals surface area contributed by atoms with Crippen molar-refractivity contribution in [1.82, 2.24) is 0 Å². The van der Waals surface area contributed by atoms with Crippen molar-refractivity contribution in [3.8, 4) is 0 Å². The number of ether oxygens (including phenoxy) is 1. The van der Waals surface area contributed by atoms with Gasteiger partial charge in [0.15, 0.2) is 5.76 Å². The van der Waals surface area contributed by atoms with E-state index in [1.165, 1.54) is 25.8 Å². The van der Waals surface area contributed by atoms with Crippen LogP contribution in [0.3, 0.4) is 0 Å². The Kier molecular flexibility index (Phi) is 6.07. The fourth-order valence-corrected chi connectivity index (χ4v) is 5.15. The van der Waals surface area contributed by atoms with E-state index in [9.17, 15) is 17.6 Å². The highest BCUT2D eigenvalue weighted by Gasteiger charge is 2.64. The Labute approximate surface area is 159 Å². The van der Waals surface area contributed by atoms with Crippen LogP contribution in [0.4, 0.5) is 17.6 Å². The fourth-order valence-electron chi connectivity index (χ4n) is 5.15. The maximum Gasteiger partial charge on any atom is 0.369 e. The van der Waals surface area contributed by atoms with Crippen molar-refractivity contribution in [3.63, 3.8) is 0 Å². The molecule has 2 saturated carbocycles. The molecule has 0 unspecified atom stereocenters. The Morgan fingerprint density at radius 2 is 1.48 bits per heavy atom. The third kappa shape index (κ3) is 3.84. The second-order valence-electron chi connectivity index (χ2n) is 8.26. The van der Waals surface area contributed by atoms with Crippen LogP contribution in [0.15, 0.2) is 36.1 Å². The molecule has 0 N–H and O–H groups in total. The first-order chi connectivity index (χ1) is 12.8. The third-order valence-electron chi connectivity index (χ3n) is 6.81. The second kappa shape index (κ2) is 8.00. The van der Waals surface area contributed by atoms with Crippen molar-refractivity contribution in [3.05, 3.63) is 36.1 Å². The first-order valence-corrected chi connectivity index (χ1v) is 10.2. The monoisotopic (exact) mass is 386 g/mol. The molecule has 0 aromatic carbocycles. The minimum atomic E-state index is -4.27. The fraction of sp³-hybridized carbons (Fsp3) is 0.727. The molecular formula is C22H30F4O. The van der Waals surface area contributed by atoms with E-state index < -0.39 is 29.1 Å². The average molecular weight is 386 g/mol. The molecule has 0 heterocycles. The molecule has 1 nitrogen and oxygen atoms in total. The topological polar surface area (TPSA) is 9.23 Å². The van der Waals surface area contributed by atoms with E-state index >= 15 is 0 Å². The van der Waals surface area contributed by atoms with E-state index in [2.05, 4.69) is 6.58 Å². The Bertz CT molecular complexity index is 591. The maximum atomic E-state index is 14.6. The molecule has 3 aliphatic carbocycles. The smallest absolute Gasteiger partial charge is 0.369 e. The van der Waals surface area contributed by atoms with Gasteiger partial charge in [-0.05, 0) is 88.0 Å². The molecule has 0 saturated heterocycles. The number of hydrogen-bond acceptors (Lipinski definition) is 1. The van der Waals surface area contributed by atoms with Crippen LogP contribution >= 0.6 is 0 Å². The molecule has 0 radical (unpaired) electrons. The quantitative estimate of drug-likeness (QED) is 0.368. The van der Waals surface area contributed by atoms with Gasteiger partial charge in [0.2, 0.25) is 0 Å². The van der Waals surface area contributed by atoms with Crippen molar-refractivity contribution in [2.75, 3.05) is 6.61 Å². The molecule has 5 heteroatoms. The number of rotatable bonds is 5. The molecule has 27 heavy (non-hydrogen) atoms. The van der Waals surface area contributed by atoms with E-state index in [0.717, 1.165) is 31.8 Å². The summed E-state index contributed by atoms with van der Waals surface area (Å²) in [5.41, 5.74) is -0.412. The summed E-state index contributed by atoms with van der Waals surface area (Å²) < 4.78 is 62.5. The minimum Gasteiger partial charge on any atom is -0.492 e. The van der Waals surface area contributed by atoms with Crippen molar-refractivity contribution < 1.29 is 22.3 Å². The predicted molar refractivity (Wildman–Crippen MR) is 98.8 cm³/mol. The Morgan fingerprint density at radius 1 is 0.926 bits per heavy atom. The molecule has 0 bridgehead atoms. The first kappa shape index (κ1) is 20.5. The lowest BCUT2D eigenvalue weighted by molar-refractivity contribution is -0.189. The average Bonchev–Trinajstić information content (AvgIpc) is 2.66. The normalized spacial score (nSPS) is 35.7. The van der Waals surface area contributed by atoms with Gasteiger partial charge >= 0.3 is 11.8 Å². The van der Waals surface area contributed by atoms with Gasteiger partial charge in [0.1, 0.15) is 0 Å². The lowest BCUT2D eigenvalue weighted by Gasteiger charge is -2.41. The highest BCUT2D eigenvalue weighted by molar-refractivity contribution is 5.36. The van der Waals surface area contributed by atoms with Crippen LogP contribution in [0.5, 0.6) is 0 Å². The van der Waals surface area contributed by atoms with Gasteiger partial charge in [0.25, 0.3) is 0 Å². The van der Waals surface area contributed by atoms with Gasteiger partial charge in [0, 0.05) is 5.57 Å². The van der Waals surface area contributed by atoms with Crippen LogP contribution in [0.2, 0.25) is 0 Å². The van der Waals surface area contributed by atoms with E-state index in [1.54, 1.807) is 0 Å². The van der Waals surface area contributed by atoms with Crippen LogP contribution in [-0.4, -0.2) is 18.5 Å². The summed E-state index contributed by atoms with van der Waals surface area (Å²) in [6.45, 7) is 5.33. The van der Waals surface area contributed by atoms with E-state index in [0.29, 0.717) is 30.6 Å². The van der Waals surface area contributed by atoms with Crippen molar-refractivity contribution in [2.45, 2.75) is 70.1 Å². The SMILES string of the molecule is C=CC1CCC(C2CCC(C3=CC=C(OCC)C(F)(F)C3(F)F)CC2)CC1. The van der Waals surface area contributed by atoms with Crippen LogP contribution in [-0.2, 0) is 4.74 Å². The lowest BCUT2D eigenvalue weighted by Crippen LogP contribution is -2.48. The second-order valence-corrected chi connectivity index (χ2v) is 8.26. The van der Waals surface area contributed by atoms with Gasteiger partial charge in [-0.2, -0.15) is 17.6 Å². The molecule has 3 rings (SSSR count). The molecule has 0 spiro atoms. The summed E-state index contributed by atoms with van der Waals surface area (Å²) in [5.74, 6) is -8.04. The first-order valence-electron chi connectivity index (χ1n) is 10.2. The molecule has 0 aromatic rings. The molecule has 0 aromatic heterocycles. The summed E-state index contributed by atoms with van der Waals surface area (Å²) in [5, 5.41) is 0. The molecule has 3 aliphatic rings. The Hall–Kier alpha value is -1.26. The number of allylic oxidation sites excluding steroid dienone is 5. The van der Waals surface area contributed by atoms with Gasteiger partial charge in [-0.15, -0.1) is 6.58 Å². The summed E-state index contributed by atoms with van der Waals surface area (Å²) in [6, 6.07) is 0. The van der Waals surface area contributed by atoms with Crippen LogP contribution in [0, 0.1) is 23.7 Å². The van der Waals surface area contributed by atoms with Crippen LogP contribution in [0.25, 0.3) is 0 Å². The number of halogens is 4. The van der Waals surface area contributed by atoms with Crippen LogP contribution in [0.1, 0.15) is 58.3 Å². The molecule has 2 fully saturated rings. The zero-order valence-electron chi connectivity index (χ0n) is 16.0. The van der Waals surface area contributed by atoms with Crippen molar-refractivity contribution in [2.24, 2.45) is 23.7 Å². The third-order valence-corrected chi connectivity index (χ3v) is 6.81. The van der Waals surface area contributed by atoms with E-state index in [4.69, 9.17) is 4.74 Å². The lowest BCUT2D eigenvalue weighted by atomic mass is 9.67. The Balaban J connectivity index is 1.64. The van der Waals surface area contributed by atoms with Crippen LogP contribution < -0.4 is 0 Å². The summed E-state index contributed by atoms with van der Waals surface area (Å²) in [6.07, 6.45) is 11.8. The van der Waals surface area contributed by atoms with Gasteiger partial charge in [-0.1, -0.05) is 12.2 Å². The summed E-state index contributed by atoms with van der Waals surface area (Å²) in [4.78, 5) is 0. The van der Waals surface area contributed by atoms with Crippen molar-refractivity contribution in [1.29, 1.82) is 0 Å². The minimum absolute atomic E-state index is 0.0557. The highest BCUT2D eigenvalue weighted by Crippen LogP contribution is 2.53. The molecule has 0 atom stereocenters. The number of alkyl halides is 4. The molecule has 152 valence electrons. The zero-order valence-corrected chi connectivity index (χ0v) is 16.0. The standard InChI is InChI=1S/C22H30F4O/c1-3-15-5-7-16(8-6-15)17-9-11-18(12-10-17)19-13-14-20(27-4-2)22(25,26)21(19,23)24/h3,13-18H,1,4-12H2,2H3. The van der Waals surface area contributed by atoms with Gasteiger partial charge in [0.05, 0.1) is 6.61 Å². The van der Waals surface area contributed by atoms with E-state index in [-0.39, 0.29) is 6.61 Å². The Morgan fingerprint density at radius 3 is 2.00 bits per heavy atom. The van der Waals surface area contributed by atoms with Gasteiger partial charge in [-0.3, -0.25) is 0 Å². The van der Waals surface area contributed by atoms with Crippen molar-refractivity contribution >= 4 is 0 Å². The van der Waals surface area contributed by atoms with E-state index in [1.807, 2.05) is 6.08 Å². The van der Waals surface area contributed by atoms with Gasteiger partial charge < -0.3 is 4.74 Å². The predicted octanol–water partition coefficient (Wildman–Crippen LogP) is 6.92. The highest BCUT2D eigenvalue weighted by atomic mass is 19.3.